The SMILES string of the molecule is C=CCn1c(SCC(=O)Nc2ccc(NC(C)=O)cc2)nc2sc3c(c2c1=O)CCCC3. The molecule has 2 aromatic heterocycles. The van der Waals surface area contributed by atoms with E-state index in [-0.39, 0.29) is 23.1 Å². The van der Waals surface area contributed by atoms with E-state index in [2.05, 4.69) is 17.2 Å². The number of hydrogen-bond acceptors (Lipinski definition) is 6. The average molecular weight is 469 g/mol. The Balaban J connectivity index is 1.51. The molecule has 0 spiro atoms. The summed E-state index contributed by atoms with van der Waals surface area (Å²) in [5.74, 6) is -0.236. The summed E-state index contributed by atoms with van der Waals surface area (Å²) < 4.78 is 1.61. The Labute approximate surface area is 193 Å². The number of hydrogen-bond donors (Lipinski definition) is 2. The Morgan fingerprint density at radius 1 is 1.19 bits per heavy atom. The molecule has 1 aromatic carbocycles. The van der Waals surface area contributed by atoms with E-state index in [1.54, 1.807) is 46.2 Å². The molecule has 4 rings (SSSR count). The number of anilines is 2. The second-order valence-corrected chi connectivity index (χ2v) is 9.61. The van der Waals surface area contributed by atoms with E-state index < -0.39 is 0 Å². The van der Waals surface area contributed by atoms with Crippen LogP contribution in [-0.4, -0.2) is 27.1 Å². The topological polar surface area (TPSA) is 93.1 Å². The van der Waals surface area contributed by atoms with Crippen LogP contribution < -0.4 is 16.2 Å². The first-order valence-corrected chi connectivity index (χ1v) is 12.2. The number of aryl methyl sites for hydroxylation is 2. The van der Waals surface area contributed by atoms with Crippen LogP contribution in [0.3, 0.4) is 0 Å². The fourth-order valence-electron chi connectivity index (χ4n) is 3.79. The maximum Gasteiger partial charge on any atom is 0.263 e. The molecule has 0 saturated heterocycles. The van der Waals surface area contributed by atoms with E-state index >= 15 is 0 Å². The molecule has 0 bridgehead atoms. The van der Waals surface area contributed by atoms with Crippen LogP contribution in [0, 0.1) is 0 Å². The molecule has 1 aliphatic rings. The van der Waals surface area contributed by atoms with Crippen molar-refractivity contribution in [1.29, 1.82) is 0 Å². The molecule has 32 heavy (non-hydrogen) atoms. The molecule has 0 saturated carbocycles. The second-order valence-electron chi connectivity index (χ2n) is 7.59. The Morgan fingerprint density at radius 3 is 2.56 bits per heavy atom. The Morgan fingerprint density at radius 2 is 1.88 bits per heavy atom. The molecule has 3 aromatic rings. The fraction of sp³-hybridized carbons (Fsp3) is 0.304. The van der Waals surface area contributed by atoms with Gasteiger partial charge >= 0.3 is 0 Å². The molecule has 0 aliphatic heterocycles. The lowest BCUT2D eigenvalue weighted by atomic mass is 9.97. The Bertz CT molecular complexity index is 1240. The van der Waals surface area contributed by atoms with Crippen LogP contribution >= 0.6 is 23.1 Å². The Hall–Kier alpha value is -2.91. The standard InChI is InChI=1S/C23H24N4O3S2/c1-3-12-27-22(30)20-17-6-4-5-7-18(17)32-21(20)26-23(27)31-13-19(29)25-16-10-8-15(9-11-16)24-14(2)28/h3,8-11H,1,4-7,12-13H2,2H3,(H,24,28)(H,25,29). The zero-order chi connectivity index (χ0) is 22.7. The van der Waals surface area contributed by atoms with E-state index in [0.717, 1.165) is 41.5 Å². The largest absolute Gasteiger partial charge is 0.326 e. The fourth-order valence-corrected chi connectivity index (χ4v) is 5.90. The summed E-state index contributed by atoms with van der Waals surface area (Å²) in [4.78, 5) is 43.6. The monoisotopic (exact) mass is 468 g/mol. The molecule has 0 fully saturated rings. The maximum absolute atomic E-state index is 13.3. The van der Waals surface area contributed by atoms with Gasteiger partial charge in [-0.15, -0.1) is 17.9 Å². The third-order valence-corrected chi connectivity index (χ3v) is 7.33. The summed E-state index contributed by atoms with van der Waals surface area (Å²) in [6, 6.07) is 6.89. The average Bonchev–Trinajstić information content (AvgIpc) is 3.14. The first-order valence-electron chi connectivity index (χ1n) is 10.4. The van der Waals surface area contributed by atoms with E-state index in [4.69, 9.17) is 4.98 Å². The quantitative estimate of drug-likeness (QED) is 0.308. The predicted molar refractivity (Wildman–Crippen MR) is 131 cm³/mol. The van der Waals surface area contributed by atoms with Crippen LogP contribution in [0.2, 0.25) is 0 Å². The van der Waals surface area contributed by atoms with E-state index in [1.165, 1.54) is 23.6 Å². The van der Waals surface area contributed by atoms with E-state index in [9.17, 15) is 14.4 Å². The van der Waals surface area contributed by atoms with Gasteiger partial charge in [0.15, 0.2) is 5.16 Å². The van der Waals surface area contributed by atoms with Gasteiger partial charge in [-0.25, -0.2) is 4.98 Å². The molecule has 1 aliphatic carbocycles. The van der Waals surface area contributed by atoms with Gasteiger partial charge in [0.25, 0.3) is 5.56 Å². The number of aromatic nitrogens is 2. The highest BCUT2D eigenvalue weighted by atomic mass is 32.2. The van der Waals surface area contributed by atoms with Crippen molar-refractivity contribution in [3.05, 3.63) is 57.7 Å². The van der Waals surface area contributed by atoms with Crippen molar-refractivity contribution in [2.75, 3.05) is 16.4 Å². The van der Waals surface area contributed by atoms with Gasteiger partial charge < -0.3 is 10.6 Å². The molecule has 2 N–H and O–H groups in total. The summed E-state index contributed by atoms with van der Waals surface area (Å²) in [7, 11) is 0. The number of benzene rings is 1. The van der Waals surface area contributed by atoms with Crippen LogP contribution in [0.25, 0.3) is 10.2 Å². The van der Waals surface area contributed by atoms with E-state index in [0.29, 0.717) is 23.1 Å². The lowest BCUT2D eigenvalue weighted by Crippen LogP contribution is -2.24. The van der Waals surface area contributed by atoms with Crippen molar-refractivity contribution in [1.82, 2.24) is 9.55 Å². The molecule has 0 atom stereocenters. The number of rotatable bonds is 7. The van der Waals surface area contributed by atoms with Gasteiger partial charge in [0.05, 0.1) is 11.1 Å². The van der Waals surface area contributed by atoms with E-state index in [1.807, 2.05) is 0 Å². The number of thioether (sulfide) groups is 1. The number of fused-ring (bicyclic) bond motifs is 3. The molecular weight excluding hydrogens is 444 g/mol. The summed E-state index contributed by atoms with van der Waals surface area (Å²) in [6.07, 6.45) is 5.85. The van der Waals surface area contributed by atoms with Gasteiger partial charge in [0, 0.05) is 29.7 Å². The smallest absolute Gasteiger partial charge is 0.263 e. The van der Waals surface area contributed by atoms with Crippen molar-refractivity contribution in [2.24, 2.45) is 0 Å². The third kappa shape index (κ3) is 4.78. The van der Waals surface area contributed by atoms with Crippen molar-refractivity contribution in [3.63, 3.8) is 0 Å². The minimum absolute atomic E-state index is 0.0502. The first kappa shape index (κ1) is 22.3. The van der Waals surface area contributed by atoms with Gasteiger partial charge in [-0.3, -0.25) is 19.0 Å². The molecule has 166 valence electrons. The summed E-state index contributed by atoms with van der Waals surface area (Å²) in [5, 5.41) is 6.78. The molecule has 2 amide bonds. The number of amides is 2. The number of thiophene rings is 1. The van der Waals surface area contributed by atoms with Gasteiger partial charge in [-0.2, -0.15) is 0 Å². The predicted octanol–water partition coefficient (Wildman–Crippen LogP) is 4.21. The van der Waals surface area contributed by atoms with Crippen LogP contribution in [-0.2, 0) is 29.0 Å². The maximum atomic E-state index is 13.3. The Kier molecular flexibility index (Phi) is 6.76. The van der Waals surface area contributed by atoms with Gasteiger partial charge in [0.2, 0.25) is 11.8 Å². The summed E-state index contributed by atoms with van der Waals surface area (Å²) in [5.41, 5.74) is 2.39. The van der Waals surface area contributed by atoms with Crippen LogP contribution in [0.5, 0.6) is 0 Å². The zero-order valence-electron chi connectivity index (χ0n) is 17.8. The number of nitrogens with one attached hydrogen (secondary N) is 2. The van der Waals surface area contributed by atoms with Crippen LogP contribution in [0.15, 0.2) is 46.9 Å². The van der Waals surface area contributed by atoms with Crippen LogP contribution in [0.4, 0.5) is 11.4 Å². The van der Waals surface area contributed by atoms with Gasteiger partial charge in [-0.05, 0) is 55.5 Å². The van der Waals surface area contributed by atoms with Gasteiger partial charge in [0.1, 0.15) is 4.83 Å². The molecule has 2 heterocycles. The minimum atomic E-state index is -0.202. The molecule has 0 radical (unpaired) electrons. The van der Waals surface area contributed by atoms with Crippen molar-refractivity contribution in [2.45, 2.75) is 44.3 Å². The lowest BCUT2D eigenvalue weighted by Gasteiger charge is -2.12. The second kappa shape index (κ2) is 9.70. The number of allylic oxidation sites excluding steroid dienone is 1. The highest BCUT2D eigenvalue weighted by Gasteiger charge is 2.22. The molecule has 9 heteroatoms. The lowest BCUT2D eigenvalue weighted by molar-refractivity contribution is -0.114. The number of nitrogens with zero attached hydrogens (tertiary/aromatic N) is 2. The number of carbonyl (C=O) groups is 2. The molecular formula is C23H24N4O3S2. The van der Waals surface area contributed by atoms with Crippen molar-refractivity contribution in [3.8, 4) is 0 Å². The highest BCUT2D eigenvalue weighted by molar-refractivity contribution is 7.99. The highest BCUT2D eigenvalue weighted by Crippen LogP contribution is 2.34. The van der Waals surface area contributed by atoms with Crippen molar-refractivity contribution < 1.29 is 9.59 Å². The minimum Gasteiger partial charge on any atom is -0.326 e. The normalized spacial score (nSPS) is 12.9. The zero-order valence-corrected chi connectivity index (χ0v) is 19.4. The van der Waals surface area contributed by atoms with Crippen molar-refractivity contribution >= 4 is 56.5 Å². The van der Waals surface area contributed by atoms with Crippen LogP contribution in [0.1, 0.15) is 30.2 Å². The third-order valence-electron chi connectivity index (χ3n) is 5.17. The summed E-state index contributed by atoms with van der Waals surface area (Å²) in [6.45, 7) is 5.56. The molecule has 7 nitrogen and oxygen atoms in total. The first-order chi connectivity index (χ1) is 15.5. The number of carbonyl (C=O) groups excluding carboxylic acids is 2. The van der Waals surface area contributed by atoms with Gasteiger partial charge in [-0.1, -0.05) is 17.8 Å². The molecule has 0 unspecified atom stereocenters. The summed E-state index contributed by atoms with van der Waals surface area (Å²) >= 11 is 2.85.